The van der Waals surface area contributed by atoms with Gasteiger partial charge in [0.05, 0.1) is 13.2 Å². The molecule has 0 spiro atoms. The van der Waals surface area contributed by atoms with Gasteiger partial charge in [-0.1, -0.05) is 183 Å². The zero-order valence-electron chi connectivity index (χ0n) is 33.6. The van der Waals surface area contributed by atoms with Gasteiger partial charge in [-0.3, -0.25) is 4.79 Å². The summed E-state index contributed by atoms with van der Waals surface area (Å²) in [5.41, 5.74) is 0. The van der Waals surface area contributed by atoms with E-state index < -0.39 is 6.10 Å². The van der Waals surface area contributed by atoms with Crippen LogP contribution in [0.2, 0.25) is 0 Å². The lowest BCUT2D eigenvalue weighted by Gasteiger charge is -2.15. The number of rotatable bonds is 39. The normalized spacial score (nSPS) is 13.1. The van der Waals surface area contributed by atoms with Crippen LogP contribution in [0, 0.1) is 0 Å². The van der Waals surface area contributed by atoms with Crippen LogP contribution in [0.5, 0.6) is 0 Å². The van der Waals surface area contributed by atoms with E-state index in [0.29, 0.717) is 13.0 Å². The minimum Gasteiger partial charge on any atom is -0.457 e. The first-order chi connectivity index (χ1) is 25.2. The Labute approximate surface area is 317 Å². The van der Waals surface area contributed by atoms with E-state index in [9.17, 15) is 9.90 Å². The molecule has 0 amide bonds. The zero-order valence-corrected chi connectivity index (χ0v) is 33.6. The van der Waals surface area contributed by atoms with E-state index in [0.717, 1.165) is 57.8 Å². The van der Waals surface area contributed by atoms with E-state index in [2.05, 4.69) is 86.8 Å². The number of unbranched alkanes of at least 4 members (excludes halogenated alkanes) is 19. The van der Waals surface area contributed by atoms with Gasteiger partial charge in [0, 0.05) is 13.0 Å². The largest absolute Gasteiger partial charge is 0.457 e. The Hall–Kier alpha value is -2.17. The minimum absolute atomic E-state index is 0.197. The molecular weight excluding hydrogens is 629 g/mol. The Kier molecular flexibility index (Phi) is 42.1. The molecule has 0 aromatic carbocycles. The summed E-state index contributed by atoms with van der Waals surface area (Å²) < 4.78 is 11.1. The molecule has 0 saturated carbocycles. The fourth-order valence-corrected chi connectivity index (χ4v) is 5.83. The first-order valence-electron chi connectivity index (χ1n) is 21.5. The van der Waals surface area contributed by atoms with Gasteiger partial charge in [0.2, 0.25) is 0 Å². The van der Waals surface area contributed by atoms with Crippen molar-refractivity contribution in [2.24, 2.45) is 0 Å². The summed E-state index contributed by atoms with van der Waals surface area (Å²) in [4.78, 5) is 12.2. The number of ether oxygens (including phenoxy) is 2. The van der Waals surface area contributed by atoms with Gasteiger partial charge >= 0.3 is 5.97 Å². The number of aliphatic hydroxyl groups excluding tert-OH is 1. The van der Waals surface area contributed by atoms with E-state index in [-0.39, 0.29) is 19.2 Å². The Balaban J connectivity index is 3.48. The van der Waals surface area contributed by atoms with Crippen molar-refractivity contribution in [1.82, 2.24) is 0 Å². The molecule has 4 heteroatoms. The number of carbonyl (C=O) groups is 1. The molecule has 51 heavy (non-hydrogen) atoms. The number of hydrogen-bond acceptors (Lipinski definition) is 4. The molecule has 4 nitrogen and oxygen atoms in total. The van der Waals surface area contributed by atoms with Crippen molar-refractivity contribution in [3.63, 3.8) is 0 Å². The maximum atomic E-state index is 12.2. The monoisotopic (exact) mass is 711 g/mol. The maximum Gasteiger partial charge on any atom is 0.306 e. The quantitative estimate of drug-likeness (QED) is 0.0392. The molecule has 0 aromatic rings. The Morgan fingerprint density at radius 3 is 1.33 bits per heavy atom. The average molecular weight is 711 g/mol. The smallest absolute Gasteiger partial charge is 0.306 e. The minimum atomic E-state index is -0.566. The van der Waals surface area contributed by atoms with Gasteiger partial charge in [0.15, 0.2) is 0 Å². The summed E-state index contributed by atoms with van der Waals surface area (Å²) in [5, 5.41) is 9.58. The number of allylic oxidation sites excluding steroid dienone is 12. The number of aliphatic hydroxyl groups is 1. The lowest BCUT2D eigenvalue weighted by atomic mass is 10.0. The van der Waals surface area contributed by atoms with Crippen LogP contribution in [0.1, 0.15) is 194 Å². The topological polar surface area (TPSA) is 55.8 Å². The molecule has 0 radical (unpaired) electrons. The van der Waals surface area contributed by atoms with Gasteiger partial charge in [0.25, 0.3) is 0 Å². The molecule has 1 N–H and O–H groups in total. The van der Waals surface area contributed by atoms with Gasteiger partial charge in [-0.2, -0.15) is 0 Å². The van der Waals surface area contributed by atoms with E-state index in [1.54, 1.807) is 0 Å². The van der Waals surface area contributed by atoms with Gasteiger partial charge in [-0.25, -0.2) is 0 Å². The summed E-state index contributed by atoms with van der Waals surface area (Å²) in [6.45, 7) is 5.08. The van der Waals surface area contributed by atoms with Gasteiger partial charge in [-0.15, -0.1) is 0 Å². The Morgan fingerprint density at radius 2 is 0.882 bits per heavy atom. The summed E-state index contributed by atoms with van der Waals surface area (Å²) in [6.07, 6.45) is 59.8. The predicted octanol–water partition coefficient (Wildman–Crippen LogP) is 14.2. The molecular formula is C47H82O4. The second-order valence-electron chi connectivity index (χ2n) is 14.0. The number of hydrogen-bond donors (Lipinski definition) is 1. The zero-order chi connectivity index (χ0) is 37.0. The maximum absolute atomic E-state index is 12.2. The van der Waals surface area contributed by atoms with Crippen molar-refractivity contribution in [1.29, 1.82) is 0 Å². The fraction of sp³-hybridized carbons (Fsp3) is 0.723. The molecule has 0 saturated heterocycles. The van der Waals surface area contributed by atoms with Gasteiger partial charge in [-0.05, 0) is 77.0 Å². The molecule has 294 valence electrons. The van der Waals surface area contributed by atoms with E-state index in [1.165, 1.54) is 116 Å². The van der Waals surface area contributed by atoms with Crippen LogP contribution < -0.4 is 0 Å². The van der Waals surface area contributed by atoms with Crippen molar-refractivity contribution in [2.45, 2.75) is 200 Å². The Bertz CT molecular complexity index is 881. The summed E-state index contributed by atoms with van der Waals surface area (Å²) >= 11 is 0. The van der Waals surface area contributed by atoms with Crippen molar-refractivity contribution in [3.8, 4) is 0 Å². The van der Waals surface area contributed by atoms with Crippen molar-refractivity contribution < 1.29 is 19.4 Å². The van der Waals surface area contributed by atoms with Crippen molar-refractivity contribution in [2.75, 3.05) is 19.8 Å². The molecule has 0 fully saturated rings. The first-order valence-corrected chi connectivity index (χ1v) is 21.5. The van der Waals surface area contributed by atoms with Crippen LogP contribution in [0.25, 0.3) is 0 Å². The number of carbonyl (C=O) groups excluding carboxylic acids is 1. The van der Waals surface area contributed by atoms with Crippen molar-refractivity contribution >= 4 is 5.97 Å². The second kappa shape index (κ2) is 44.0. The van der Waals surface area contributed by atoms with Gasteiger partial charge in [0.1, 0.15) is 6.10 Å². The lowest BCUT2D eigenvalue weighted by molar-refractivity contribution is -0.154. The van der Waals surface area contributed by atoms with Crippen LogP contribution in [0.4, 0.5) is 0 Å². The molecule has 0 bridgehead atoms. The highest BCUT2D eigenvalue weighted by Gasteiger charge is 2.13. The van der Waals surface area contributed by atoms with Crippen LogP contribution in [0.15, 0.2) is 72.9 Å². The molecule has 0 aromatic heterocycles. The third-order valence-electron chi connectivity index (χ3n) is 9.02. The molecule has 0 rings (SSSR count). The van der Waals surface area contributed by atoms with E-state index in [1.807, 2.05) is 0 Å². The molecule has 0 aliphatic rings. The number of esters is 1. The third kappa shape index (κ3) is 42.1. The molecule has 1 atom stereocenters. The molecule has 0 heterocycles. The molecule has 0 aliphatic heterocycles. The van der Waals surface area contributed by atoms with E-state index in [4.69, 9.17) is 9.47 Å². The molecule has 1 unspecified atom stereocenters. The third-order valence-corrected chi connectivity index (χ3v) is 9.02. The standard InChI is InChI=1S/C47H82O4/c1-3-5-7-9-11-13-15-17-19-20-21-22-23-24-25-26-27-28-29-30-32-34-36-38-40-42-47(49)51-46(44-48)45-50-43-41-39-37-35-33-31-18-16-14-12-10-8-6-4-2/h6,8,12,14-15,17-18,20-21,31,35,37,46,48H,3-5,7,9-11,13,16,19,22-30,32-34,36,38-45H2,1-2H3/b8-6-,14-12-,17-15-,21-20-,31-18-,37-35-. The summed E-state index contributed by atoms with van der Waals surface area (Å²) in [5.74, 6) is -0.222. The van der Waals surface area contributed by atoms with Crippen LogP contribution in [0.3, 0.4) is 0 Å². The van der Waals surface area contributed by atoms with Gasteiger partial charge < -0.3 is 14.6 Å². The SMILES string of the molecule is CC/C=C\C/C=C\C/C=C\C/C=C\CCCOCC(CO)OC(=O)CCCCCCCCCCCCCCC/C=C\C/C=C\CCCCCCC. The average Bonchev–Trinajstić information content (AvgIpc) is 3.14. The summed E-state index contributed by atoms with van der Waals surface area (Å²) in [7, 11) is 0. The highest BCUT2D eigenvalue weighted by Crippen LogP contribution is 2.14. The predicted molar refractivity (Wildman–Crippen MR) is 223 cm³/mol. The fourth-order valence-electron chi connectivity index (χ4n) is 5.83. The Morgan fingerprint density at radius 1 is 0.490 bits per heavy atom. The highest BCUT2D eigenvalue weighted by atomic mass is 16.6. The highest BCUT2D eigenvalue weighted by molar-refractivity contribution is 5.69. The first kappa shape index (κ1) is 48.8. The second-order valence-corrected chi connectivity index (χ2v) is 14.0. The summed E-state index contributed by atoms with van der Waals surface area (Å²) in [6, 6.07) is 0. The lowest BCUT2D eigenvalue weighted by Crippen LogP contribution is -2.27. The van der Waals surface area contributed by atoms with E-state index >= 15 is 0 Å². The van der Waals surface area contributed by atoms with Crippen LogP contribution in [-0.2, 0) is 14.3 Å². The van der Waals surface area contributed by atoms with Crippen molar-refractivity contribution in [3.05, 3.63) is 72.9 Å². The van der Waals surface area contributed by atoms with Crippen LogP contribution >= 0.6 is 0 Å². The molecule has 0 aliphatic carbocycles. The van der Waals surface area contributed by atoms with Crippen LogP contribution in [-0.4, -0.2) is 37.0 Å².